The molecule has 0 aliphatic heterocycles. The number of thiazole rings is 1. The zero-order chi connectivity index (χ0) is 13.2. The second kappa shape index (κ2) is 8.98. The summed E-state index contributed by atoms with van der Waals surface area (Å²) in [5.74, 6) is 0. The molecule has 100 valence electrons. The smallest absolute Gasteiger partial charge is 0.190 e. The maximum Gasteiger partial charge on any atom is 0.190 e. The van der Waals surface area contributed by atoms with Gasteiger partial charge in [0.2, 0.25) is 0 Å². The quantitative estimate of drug-likeness (QED) is 0.616. The van der Waals surface area contributed by atoms with Crippen molar-refractivity contribution in [1.82, 2.24) is 9.88 Å². The maximum absolute atomic E-state index is 8.90. The highest BCUT2D eigenvalue weighted by atomic mass is 32.2. The van der Waals surface area contributed by atoms with Crippen molar-refractivity contribution >= 4 is 23.1 Å². The van der Waals surface area contributed by atoms with Crippen molar-refractivity contribution in [2.75, 3.05) is 19.8 Å². The largest absolute Gasteiger partial charge is 0.395 e. The van der Waals surface area contributed by atoms with Crippen LogP contribution in [0.5, 0.6) is 0 Å². The van der Waals surface area contributed by atoms with Gasteiger partial charge in [-0.25, -0.2) is 4.99 Å². The van der Waals surface area contributed by atoms with Crippen LogP contribution in [0, 0.1) is 0 Å². The van der Waals surface area contributed by atoms with Gasteiger partial charge in [0.25, 0.3) is 0 Å². The van der Waals surface area contributed by atoms with Gasteiger partial charge in [-0.05, 0) is 5.41 Å². The van der Waals surface area contributed by atoms with Gasteiger partial charge < -0.3 is 20.1 Å². The summed E-state index contributed by atoms with van der Waals surface area (Å²) in [6.45, 7) is 5.11. The second-order valence-corrected chi connectivity index (χ2v) is 5.06. The van der Waals surface area contributed by atoms with Crippen LogP contribution < -0.4 is 10.1 Å². The molecule has 0 bridgehead atoms. The van der Waals surface area contributed by atoms with E-state index in [1.165, 1.54) is 23.1 Å². The van der Waals surface area contributed by atoms with Crippen LogP contribution in [0.2, 0.25) is 0 Å². The number of aliphatic hydroxyl groups is 2. The van der Waals surface area contributed by atoms with Crippen molar-refractivity contribution in [1.29, 1.82) is 0 Å². The number of hydrogen-bond acceptors (Lipinski definition) is 6. The van der Waals surface area contributed by atoms with E-state index in [0.29, 0.717) is 18.1 Å². The first-order valence-electron chi connectivity index (χ1n) is 5.42. The highest BCUT2D eigenvalue weighted by Crippen LogP contribution is 2.14. The van der Waals surface area contributed by atoms with Crippen molar-refractivity contribution in [2.24, 2.45) is 4.99 Å². The number of hydrogen-bond donors (Lipinski definition) is 3. The molecule has 0 radical (unpaired) electrons. The Labute approximate surface area is 114 Å². The molecule has 0 saturated carbocycles. The lowest BCUT2D eigenvalue weighted by Crippen LogP contribution is -2.15. The number of nitrogens with zero attached hydrogens (tertiary/aromatic N) is 2. The number of rotatable bonds is 8. The predicted molar refractivity (Wildman–Crippen MR) is 75.9 cm³/mol. The summed E-state index contributed by atoms with van der Waals surface area (Å²) in [6.07, 6.45) is 3.63. The van der Waals surface area contributed by atoms with Gasteiger partial charge >= 0.3 is 0 Å². The fourth-order valence-electron chi connectivity index (χ4n) is 1.11. The molecule has 0 aliphatic carbocycles. The van der Waals surface area contributed by atoms with Crippen LogP contribution in [0.25, 0.3) is 0 Å². The Balaban J connectivity index is 2.52. The lowest BCUT2D eigenvalue weighted by atomic mass is 10.7. The highest BCUT2D eigenvalue weighted by Gasteiger charge is 1.95. The third-order valence-electron chi connectivity index (χ3n) is 1.87. The van der Waals surface area contributed by atoms with E-state index in [4.69, 9.17) is 10.2 Å². The second-order valence-electron chi connectivity index (χ2n) is 3.21. The van der Waals surface area contributed by atoms with Gasteiger partial charge in [-0.2, -0.15) is 0 Å². The molecule has 1 heterocycles. The average molecular weight is 287 g/mol. The van der Waals surface area contributed by atoms with E-state index in [0.717, 1.165) is 4.80 Å². The maximum atomic E-state index is 8.90. The van der Waals surface area contributed by atoms with Crippen LogP contribution >= 0.6 is 23.1 Å². The van der Waals surface area contributed by atoms with Gasteiger partial charge in [-0.3, -0.25) is 0 Å². The van der Waals surface area contributed by atoms with Crippen LogP contribution in [0.4, 0.5) is 0 Å². The molecule has 1 aromatic heterocycles. The minimum Gasteiger partial charge on any atom is -0.395 e. The minimum absolute atomic E-state index is 0.0918. The molecule has 0 saturated heterocycles. The van der Waals surface area contributed by atoms with Crippen molar-refractivity contribution in [3.63, 3.8) is 0 Å². The standard InChI is InChI=1S/C11H17N3O2S2/c1-10(17-8-3-12-2-6-15)13-11-14(4-7-16)5-9-18-11/h3,5,8-9,12,15-16H,1-2,4,6-7H2/b8-3-,13-11-. The minimum atomic E-state index is 0.0918. The van der Waals surface area contributed by atoms with Gasteiger partial charge in [0.15, 0.2) is 4.80 Å². The van der Waals surface area contributed by atoms with E-state index in [1.807, 2.05) is 21.6 Å². The molecule has 3 N–H and O–H groups in total. The summed E-state index contributed by atoms with van der Waals surface area (Å²) >= 11 is 2.90. The van der Waals surface area contributed by atoms with Gasteiger partial charge in [0.05, 0.1) is 18.2 Å². The molecule has 1 rings (SSSR count). The summed E-state index contributed by atoms with van der Waals surface area (Å²) in [4.78, 5) is 5.18. The summed E-state index contributed by atoms with van der Waals surface area (Å²) in [6, 6.07) is 0. The monoisotopic (exact) mass is 287 g/mol. The van der Waals surface area contributed by atoms with Gasteiger partial charge in [0.1, 0.15) is 0 Å². The first-order chi connectivity index (χ1) is 8.77. The lowest BCUT2D eigenvalue weighted by Gasteiger charge is -1.99. The summed E-state index contributed by atoms with van der Waals surface area (Å²) in [7, 11) is 0. The fourth-order valence-corrected chi connectivity index (χ4v) is 2.40. The fraction of sp³-hybridized carbons (Fsp3) is 0.364. The van der Waals surface area contributed by atoms with E-state index < -0.39 is 0 Å². The van der Waals surface area contributed by atoms with Gasteiger partial charge in [-0.1, -0.05) is 18.3 Å². The Kier molecular flexibility index (Phi) is 7.51. The summed E-state index contributed by atoms with van der Waals surface area (Å²) in [5, 5.41) is 24.8. The summed E-state index contributed by atoms with van der Waals surface area (Å²) < 4.78 is 1.88. The third-order valence-corrected chi connectivity index (χ3v) is 3.30. The molecule has 5 nitrogen and oxygen atoms in total. The van der Waals surface area contributed by atoms with Crippen LogP contribution in [0.15, 0.2) is 39.8 Å². The zero-order valence-corrected chi connectivity index (χ0v) is 11.6. The van der Waals surface area contributed by atoms with E-state index in [9.17, 15) is 0 Å². The first-order valence-corrected chi connectivity index (χ1v) is 7.18. The zero-order valence-electron chi connectivity index (χ0n) is 9.95. The number of nitrogens with one attached hydrogen (secondary N) is 1. The Bertz CT molecular complexity index is 451. The van der Waals surface area contributed by atoms with Crippen molar-refractivity contribution in [2.45, 2.75) is 6.54 Å². The molecule has 0 fully saturated rings. The van der Waals surface area contributed by atoms with Gasteiger partial charge in [0, 0.05) is 30.9 Å². The molecule has 0 aromatic carbocycles. The topological polar surface area (TPSA) is 69.8 Å². The Morgan fingerprint density at radius 3 is 3.11 bits per heavy atom. The first kappa shape index (κ1) is 15.0. The molecule has 0 amide bonds. The number of aliphatic hydroxyl groups excluding tert-OH is 2. The normalized spacial score (nSPS) is 12.2. The highest BCUT2D eigenvalue weighted by molar-refractivity contribution is 8.05. The van der Waals surface area contributed by atoms with Crippen LogP contribution in [-0.2, 0) is 6.54 Å². The van der Waals surface area contributed by atoms with Crippen molar-refractivity contribution in [3.05, 3.63) is 39.6 Å². The number of thioether (sulfide) groups is 1. The van der Waals surface area contributed by atoms with E-state index in [1.54, 1.807) is 6.20 Å². The summed E-state index contributed by atoms with van der Waals surface area (Å²) in [5.41, 5.74) is 0. The van der Waals surface area contributed by atoms with Crippen LogP contribution in [-0.4, -0.2) is 34.5 Å². The Hall–Kier alpha value is -1.02. The average Bonchev–Trinajstić information content (AvgIpc) is 2.77. The molecular formula is C11H17N3O2S2. The van der Waals surface area contributed by atoms with Crippen molar-refractivity contribution in [3.8, 4) is 0 Å². The van der Waals surface area contributed by atoms with Gasteiger partial charge in [-0.15, -0.1) is 11.3 Å². The Morgan fingerprint density at radius 1 is 1.56 bits per heavy atom. The van der Waals surface area contributed by atoms with Crippen LogP contribution in [0.3, 0.4) is 0 Å². The van der Waals surface area contributed by atoms with E-state index in [-0.39, 0.29) is 13.2 Å². The SMILES string of the molecule is C=C(/N=c1\sccn1CCO)S/C=C\NCCO. The Morgan fingerprint density at radius 2 is 2.39 bits per heavy atom. The lowest BCUT2D eigenvalue weighted by molar-refractivity contribution is 0.274. The molecule has 1 aromatic rings. The van der Waals surface area contributed by atoms with E-state index in [2.05, 4.69) is 16.9 Å². The molecule has 18 heavy (non-hydrogen) atoms. The molecule has 0 unspecified atom stereocenters. The van der Waals surface area contributed by atoms with Crippen LogP contribution in [0.1, 0.15) is 0 Å². The molecule has 7 heteroatoms. The molecular weight excluding hydrogens is 270 g/mol. The van der Waals surface area contributed by atoms with E-state index >= 15 is 0 Å². The molecule has 0 atom stereocenters. The molecule has 0 spiro atoms. The van der Waals surface area contributed by atoms with Crippen molar-refractivity contribution < 1.29 is 10.2 Å². The predicted octanol–water partition coefficient (Wildman–Crippen LogP) is 0.700. The third kappa shape index (κ3) is 5.54. The number of aromatic nitrogens is 1. The molecule has 0 aliphatic rings.